The van der Waals surface area contributed by atoms with Crippen molar-refractivity contribution in [1.82, 2.24) is 9.97 Å². The van der Waals surface area contributed by atoms with Crippen LogP contribution in [0.1, 0.15) is 5.69 Å². The number of nitrogens with two attached hydrogens (primary N) is 1. The molecule has 0 saturated heterocycles. The SMILES string of the molecule is NNc1ccnc(CSc2nccs2)c1. The molecule has 2 rings (SSSR count). The van der Waals surface area contributed by atoms with Crippen LogP contribution in [0.4, 0.5) is 5.69 Å². The second-order valence-electron chi connectivity index (χ2n) is 2.77. The molecule has 0 bridgehead atoms. The van der Waals surface area contributed by atoms with Crippen molar-refractivity contribution >= 4 is 28.8 Å². The highest BCUT2D eigenvalue weighted by Gasteiger charge is 2.00. The molecular formula is C9H10N4S2. The minimum atomic E-state index is 0.809. The predicted octanol–water partition coefficient (Wildman–Crippen LogP) is 2.12. The van der Waals surface area contributed by atoms with Crippen LogP contribution in [0.2, 0.25) is 0 Å². The van der Waals surface area contributed by atoms with Crippen LogP contribution in [0.15, 0.2) is 34.2 Å². The molecule has 0 amide bonds. The molecule has 0 aliphatic rings. The number of hydrogen-bond donors (Lipinski definition) is 2. The third-order valence-electron chi connectivity index (χ3n) is 1.74. The summed E-state index contributed by atoms with van der Waals surface area (Å²) < 4.78 is 1.06. The number of aromatic nitrogens is 2. The standard InChI is InChI=1S/C9H10N4S2/c10-13-7-1-2-11-8(5-7)6-15-9-12-3-4-14-9/h1-5H,6,10H2,(H,11,13). The van der Waals surface area contributed by atoms with Crippen LogP contribution in [0.25, 0.3) is 0 Å². The summed E-state index contributed by atoms with van der Waals surface area (Å²) in [6.45, 7) is 0. The van der Waals surface area contributed by atoms with Gasteiger partial charge in [-0.25, -0.2) is 4.98 Å². The quantitative estimate of drug-likeness (QED) is 0.485. The minimum Gasteiger partial charge on any atom is -0.324 e. The number of thioether (sulfide) groups is 1. The van der Waals surface area contributed by atoms with Gasteiger partial charge in [0.25, 0.3) is 0 Å². The molecule has 0 fully saturated rings. The van der Waals surface area contributed by atoms with Crippen LogP contribution in [-0.2, 0) is 5.75 Å². The molecule has 0 saturated carbocycles. The smallest absolute Gasteiger partial charge is 0.150 e. The highest BCUT2D eigenvalue weighted by Crippen LogP contribution is 2.24. The maximum atomic E-state index is 5.31. The second kappa shape index (κ2) is 5.11. The van der Waals surface area contributed by atoms with Crippen molar-refractivity contribution in [1.29, 1.82) is 0 Å². The first kappa shape index (κ1) is 10.4. The van der Waals surface area contributed by atoms with Gasteiger partial charge in [0.1, 0.15) is 4.34 Å². The zero-order valence-electron chi connectivity index (χ0n) is 7.88. The Hall–Kier alpha value is -1.11. The van der Waals surface area contributed by atoms with Crippen molar-refractivity contribution in [3.8, 4) is 0 Å². The minimum absolute atomic E-state index is 0.809. The van der Waals surface area contributed by atoms with Crippen molar-refractivity contribution in [2.75, 3.05) is 5.43 Å². The van der Waals surface area contributed by atoms with Crippen LogP contribution >= 0.6 is 23.1 Å². The van der Waals surface area contributed by atoms with E-state index in [2.05, 4.69) is 15.4 Å². The number of nitrogen functional groups attached to an aromatic ring is 1. The van der Waals surface area contributed by atoms with Gasteiger partial charge in [-0.2, -0.15) is 0 Å². The Morgan fingerprint density at radius 3 is 3.07 bits per heavy atom. The van der Waals surface area contributed by atoms with Crippen molar-refractivity contribution in [2.45, 2.75) is 10.1 Å². The van der Waals surface area contributed by atoms with Crippen LogP contribution in [0, 0.1) is 0 Å². The Balaban J connectivity index is 1.98. The number of nitrogens with one attached hydrogen (secondary N) is 1. The van der Waals surface area contributed by atoms with Gasteiger partial charge in [0.2, 0.25) is 0 Å². The van der Waals surface area contributed by atoms with Gasteiger partial charge in [0, 0.05) is 23.5 Å². The maximum Gasteiger partial charge on any atom is 0.150 e. The van der Waals surface area contributed by atoms with E-state index in [1.165, 1.54) is 0 Å². The van der Waals surface area contributed by atoms with E-state index in [0.29, 0.717) is 0 Å². The maximum absolute atomic E-state index is 5.31. The van der Waals surface area contributed by atoms with Crippen molar-refractivity contribution in [3.63, 3.8) is 0 Å². The summed E-state index contributed by atoms with van der Waals surface area (Å²) in [6, 6.07) is 3.76. The first-order valence-electron chi connectivity index (χ1n) is 4.32. The molecule has 2 aromatic rings. The Kier molecular flexibility index (Phi) is 3.54. The molecule has 3 N–H and O–H groups in total. The molecule has 0 aliphatic carbocycles. The lowest BCUT2D eigenvalue weighted by Gasteiger charge is -2.02. The lowest BCUT2D eigenvalue weighted by molar-refractivity contribution is 1.16. The van der Waals surface area contributed by atoms with E-state index in [9.17, 15) is 0 Å². The summed E-state index contributed by atoms with van der Waals surface area (Å²) in [5, 5.41) is 1.97. The zero-order valence-corrected chi connectivity index (χ0v) is 9.52. The molecule has 78 valence electrons. The van der Waals surface area contributed by atoms with E-state index < -0.39 is 0 Å². The summed E-state index contributed by atoms with van der Waals surface area (Å²) in [4.78, 5) is 8.43. The van der Waals surface area contributed by atoms with Crippen LogP contribution in [0.3, 0.4) is 0 Å². The largest absolute Gasteiger partial charge is 0.324 e. The predicted molar refractivity (Wildman–Crippen MR) is 63.7 cm³/mol. The first-order chi connectivity index (χ1) is 7.38. The average Bonchev–Trinajstić information content (AvgIpc) is 2.79. The molecule has 0 unspecified atom stereocenters. The molecule has 15 heavy (non-hydrogen) atoms. The highest BCUT2D eigenvalue weighted by molar-refractivity contribution is 8.00. The second-order valence-corrected chi connectivity index (χ2v) is 4.88. The molecule has 0 atom stereocenters. The number of nitrogens with zero attached hydrogens (tertiary/aromatic N) is 2. The Morgan fingerprint density at radius 2 is 2.33 bits per heavy atom. The number of hydrazine groups is 1. The van der Waals surface area contributed by atoms with Gasteiger partial charge in [-0.05, 0) is 12.1 Å². The molecule has 0 aliphatic heterocycles. The monoisotopic (exact) mass is 238 g/mol. The summed E-state index contributed by atoms with van der Waals surface area (Å²) >= 11 is 3.31. The van der Waals surface area contributed by atoms with E-state index in [1.807, 2.05) is 17.5 Å². The van der Waals surface area contributed by atoms with Gasteiger partial charge in [-0.15, -0.1) is 11.3 Å². The fourth-order valence-electron chi connectivity index (χ4n) is 1.06. The lowest BCUT2D eigenvalue weighted by atomic mass is 10.3. The van der Waals surface area contributed by atoms with Crippen LogP contribution in [-0.4, -0.2) is 9.97 Å². The molecular weight excluding hydrogens is 228 g/mol. The van der Waals surface area contributed by atoms with E-state index in [4.69, 9.17) is 5.84 Å². The number of thiazole rings is 1. The number of anilines is 1. The zero-order chi connectivity index (χ0) is 10.5. The summed E-state index contributed by atoms with van der Waals surface area (Å²) in [6.07, 6.45) is 3.55. The van der Waals surface area contributed by atoms with Crippen LogP contribution in [0.5, 0.6) is 0 Å². The van der Waals surface area contributed by atoms with Crippen molar-refractivity contribution in [2.24, 2.45) is 5.84 Å². The van der Waals surface area contributed by atoms with E-state index in [-0.39, 0.29) is 0 Å². The summed E-state index contributed by atoms with van der Waals surface area (Å²) in [5.41, 5.74) is 4.46. The van der Waals surface area contributed by atoms with Gasteiger partial charge in [0.05, 0.1) is 11.4 Å². The molecule has 2 aromatic heterocycles. The average molecular weight is 238 g/mol. The third kappa shape index (κ3) is 2.92. The normalized spacial score (nSPS) is 10.2. The van der Waals surface area contributed by atoms with Crippen LogP contribution < -0.4 is 11.3 Å². The van der Waals surface area contributed by atoms with E-state index >= 15 is 0 Å². The van der Waals surface area contributed by atoms with E-state index in [0.717, 1.165) is 21.5 Å². The van der Waals surface area contributed by atoms with Crippen molar-refractivity contribution < 1.29 is 0 Å². The number of hydrogen-bond acceptors (Lipinski definition) is 6. The topological polar surface area (TPSA) is 63.8 Å². The van der Waals surface area contributed by atoms with Gasteiger partial charge in [0.15, 0.2) is 0 Å². The molecule has 0 aromatic carbocycles. The third-order valence-corrected chi connectivity index (χ3v) is 3.74. The van der Waals surface area contributed by atoms with E-state index in [1.54, 1.807) is 35.5 Å². The fraction of sp³-hybridized carbons (Fsp3) is 0.111. The Morgan fingerprint density at radius 1 is 1.40 bits per heavy atom. The molecule has 4 nitrogen and oxygen atoms in total. The van der Waals surface area contributed by atoms with Gasteiger partial charge >= 0.3 is 0 Å². The Bertz CT molecular complexity index is 416. The molecule has 0 spiro atoms. The number of rotatable bonds is 4. The Labute approximate surface area is 95.9 Å². The number of pyridine rings is 1. The summed E-state index contributed by atoms with van der Waals surface area (Å²) in [5.74, 6) is 6.12. The van der Waals surface area contributed by atoms with Gasteiger partial charge < -0.3 is 5.43 Å². The molecule has 6 heteroatoms. The fourth-order valence-corrected chi connectivity index (χ4v) is 2.60. The van der Waals surface area contributed by atoms with Crippen molar-refractivity contribution in [3.05, 3.63) is 35.6 Å². The molecule has 0 radical (unpaired) electrons. The summed E-state index contributed by atoms with van der Waals surface area (Å²) in [7, 11) is 0. The lowest BCUT2D eigenvalue weighted by Crippen LogP contribution is -2.07. The van der Waals surface area contributed by atoms with Gasteiger partial charge in [-0.3, -0.25) is 10.8 Å². The first-order valence-corrected chi connectivity index (χ1v) is 6.19. The van der Waals surface area contributed by atoms with Gasteiger partial charge in [-0.1, -0.05) is 11.8 Å². The molecule has 2 heterocycles. The highest BCUT2D eigenvalue weighted by atomic mass is 32.2.